The number of rotatable bonds is 7. The lowest BCUT2D eigenvalue weighted by Gasteiger charge is -2.16. The molecule has 3 heterocycles. The molecule has 0 aromatic carbocycles. The molecule has 0 radical (unpaired) electrons. The molecule has 1 saturated heterocycles. The highest BCUT2D eigenvalue weighted by Gasteiger charge is 2.10. The average molecular weight is 545 g/mol. The normalized spacial score (nSPS) is 12.6. The number of hydrogen-bond acceptors (Lipinski definition) is 6. The highest BCUT2D eigenvalue weighted by molar-refractivity contribution is 5.61. The maximum absolute atomic E-state index is 5.29. The highest BCUT2D eigenvalue weighted by atomic mass is 16.5. The van der Waals surface area contributed by atoms with Crippen LogP contribution in [0.25, 0.3) is 11.3 Å². The van der Waals surface area contributed by atoms with E-state index in [1.807, 2.05) is 53.9 Å². The zero-order chi connectivity index (χ0) is 30.2. The number of aromatic nitrogens is 4. The van der Waals surface area contributed by atoms with Gasteiger partial charge in [0.1, 0.15) is 11.6 Å². The van der Waals surface area contributed by atoms with Crippen LogP contribution in [0, 0.1) is 32.6 Å². The lowest BCUT2D eigenvalue weighted by molar-refractivity contribution is 0.0716. The Labute approximate surface area is 241 Å². The van der Waals surface area contributed by atoms with Gasteiger partial charge in [0.15, 0.2) is 0 Å². The minimum atomic E-state index is 0.342. The lowest BCUT2D eigenvalue weighted by atomic mass is 10.0. The van der Waals surface area contributed by atoms with Gasteiger partial charge in [-0.2, -0.15) is 0 Å². The maximum atomic E-state index is 5.29. The Balaban J connectivity index is 0. The zero-order valence-corrected chi connectivity index (χ0v) is 27.4. The van der Waals surface area contributed by atoms with Crippen molar-refractivity contribution in [2.45, 2.75) is 115 Å². The molecule has 3 rings (SSSR count). The molecule has 2 aromatic heterocycles. The van der Waals surface area contributed by atoms with E-state index in [1.165, 1.54) is 19.3 Å². The molecule has 1 fully saturated rings. The van der Waals surface area contributed by atoms with Gasteiger partial charge in [0, 0.05) is 56.0 Å². The van der Waals surface area contributed by atoms with Gasteiger partial charge in [-0.1, -0.05) is 61.5 Å². The van der Waals surface area contributed by atoms with E-state index >= 15 is 0 Å². The molecule has 0 amide bonds. The van der Waals surface area contributed by atoms with Gasteiger partial charge in [-0.3, -0.25) is 0 Å². The second kappa shape index (κ2) is 24.8. The van der Waals surface area contributed by atoms with Gasteiger partial charge in [-0.05, 0) is 70.8 Å². The fourth-order valence-corrected chi connectivity index (χ4v) is 3.19. The van der Waals surface area contributed by atoms with Gasteiger partial charge in [-0.15, -0.1) is 6.58 Å². The van der Waals surface area contributed by atoms with Crippen molar-refractivity contribution in [2.24, 2.45) is 11.8 Å². The molecular weight excluding hydrogens is 484 g/mol. The van der Waals surface area contributed by atoms with Crippen LogP contribution >= 0.6 is 0 Å². The van der Waals surface area contributed by atoms with Crippen LogP contribution in [-0.4, -0.2) is 46.4 Å². The Bertz CT molecular complexity index is 846. The molecule has 0 atom stereocenters. The lowest BCUT2D eigenvalue weighted by Crippen LogP contribution is -2.12. The predicted octanol–water partition coefficient (Wildman–Crippen LogP) is 9.09. The molecule has 6 nitrogen and oxygen atoms in total. The minimum absolute atomic E-state index is 0.342. The van der Waals surface area contributed by atoms with E-state index in [2.05, 4.69) is 68.1 Å². The summed E-state index contributed by atoms with van der Waals surface area (Å²) in [6.07, 6.45) is 10.3. The fourth-order valence-electron chi connectivity index (χ4n) is 3.19. The maximum Gasteiger partial charge on any atom is 0.130 e. The number of allylic oxidation sites excluding steroid dienone is 1. The van der Waals surface area contributed by atoms with Gasteiger partial charge >= 0.3 is 0 Å². The van der Waals surface area contributed by atoms with E-state index in [4.69, 9.17) is 9.47 Å². The quantitative estimate of drug-likeness (QED) is 0.256. The molecule has 224 valence electrons. The Hall–Kier alpha value is -2.18. The first kappa shape index (κ1) is 39.0. The van der Waals surface area contributed by atoms with Crippen molar-refractivity contribution in [3.63, 3.8) is 0 Å². The Kier molecular flexibility index (Phi) is 24.8. The summed E-state index contributed by atoms with van der Waals surface area (Å²) < 4.78 is 10.4. The van der Waals surface area contributed by atoms with Crippen molar-refractivity contribution >= 4 is 0 Å². The second-order valence-electron chi connectivity index (χ2n) is 10.3. The second-order valence-corrected chi connectivity index (χ2v) is 10.3. The third-order valence-corrected chi connectivity index (χ3v) is 5.66. The van der Waals surface area contributed by atoms with E-state index < -0.39 is 0 Å². The Morgan fingerprint density at radius 2 is 1.54 bits per heavy atom. The molecule has 1 aliphatic rings. The SMILES string of the molecule is C=CC.CC.CC1CCOCC1.CCCOCCC(C)C.Cc1nc(C)c(C)c(-c2cnc(C(C)C)nc2)n1. The molecule has 1 aliphatic heterocycles. The van der Waals surface area contributed by atoms with E-state index in [0.717, 1.165) is 78.8 Å². The van der Waals surface area contributed by atoms with Crippen LogP contribution in [0.5, 0.6) is 0 Å². The topological polar surface area (TPSA) is 70.0 Å². The van der Waals surface area contributed by atoms with Gasteiger partial charge in [-0.25, -0.2) is 19.9 Å². The molecule has 0 aliphatic carbocycles. The van der Waals surface area contributed by atoms with E-state index in [9.17, 15) is 0 Å². The monoisotopic (exact) mass is 544 g/mol. The molecule has 0 unspecified atom stereocenters. The Morgan fingerprint density at radius 1 is 1.00 bits per heavy atom. The summed E-state index contributed by atoms with van der Waals surface area (Å²) in [5.41, 5.74) is 3.97. The van der Waals surface area contributed by atoms with Crippen molar-refractivity contribution in [1.29, 1.82) is 0 Å². The average Bonchev–Trinajstić information content (AvgIpc) is 2.91. The summed E-state index contributed by atoms with van der Waals surface area (Å²) >= 11 is 0. The first-order valence-electron chi connectivity index (χ1n) is 14.9. The predicted molar refractivity (Wildman–Crippen MR) is 168 cm³/mol. The molecular formula is C33H60N4O2. The summed E-state index contributed by atoms with van der Waals surface area (Å²) in [6.45, 7) is 32.0. The van der Waals surface area contributed by atoms with Crippen molar-refractivity contribution in [1.82, 2.24) is 19.9 Å². The van der Waals surface area contributed by atoms with Gasteiger partial charge < -0.3 is 9.47 Å². The minimum Gasteiger partial charge on any atom is -0.381 e. The van der Waals surface area contributed by atoms with Crippen LogP contribution in [0.4, 0.5) is 0 Å². The number of ether oxygens (including phenoxy) is 2. The van der Waals surface area contributed by atoms with Crippen LogP contribution in [-0.2, 0) is 9.47 Å². The molecule has 6 heteroatoms. The van der Waals surface area contributed by atoms with Crippen molar-refractivity contribution in [2.75, 3.05) is 26.4 Å². The highest BCUT2D eigenvalue weighted by Crippen LogP contribution is 2.22. The summed E-state index contributed by atoms with van der Waals surface area (Å²) in [5, 5.41) is 0. The van der Waals surface area contributed by atoms with Crippen molar-refractivity contribution in [3.05, 3.63) is 48.0 Å². The zero-order valence-electron chi connectivity index (χ0n) is 27.4. The first-order valence-corrected chi connectivity index (χ1v) is 14.9. The van der Waals surface area contributed by atoms with Crippen molar-refractivity contribution in [3.8, 4) is 11.3 Å². The smallest absolute Gasteiger partial charge is 0.130 e. The molecule has 0 saturated carbocycles. The van der Waals surface area contributed by atoms with Crippen LogP contribution in [0.15, 0.2) is 25.0 Å². The standard InChI is InChI=1S/C14H18N4.C8H18O.C6H12O.C3H6.C2H6/c1-8(2)14-15-6-12(7-16-14)13-9(3)10(4)17-11(5)18-13;1-4-6-9-7-5-8(2)3;1-6-2-4-7-5-3-6;1-3-2;1-2/h6-8H,1-5H3;8H,4-7H2,1-3H3;6H,2-5H2,1H3;3H,1H2,2H3;1-2H3. The molecule has 0 N–H and O–H groups in total. The van der Waals surface area contributed by atoms with E-state index in [0.29, 0.717) is 5.92 Å². The summed E-state index contributed by atoms with van der Waals surface area (Å²) in [6, 6.07) is 0. The van der Waals surface area contributed by atoms with E-state index in [1.54, 1.807) is 6.08 Å². The first-order chi connectivity index (χ1) is 18.6. The van der Waals surface area contributed by atoms with Gasteiger partial charge in [0.05, 0.1) is 5.69 Å². The van der Waals surface area contributed by atoms with Crippen molar-refractivity contribution < 1.29 is 9.47 Å². The van der Waals surface area contributed by atoms with Crippen LogP contribution in [0.2, 0.25) is 0 Å². The number of hydrogen-bond donors (Lipinski definition) is 0. The number of nitrogens with zero attached hydrogens (tertiary/aromatic N) is 4. The summed E-state index contributed by atoms with van der Waals surface area (Å²) in [5.74, 6) is 3.67. The van der Waals surface area contributed by atoms with E-state index in [-0.39, 0.29) is 0 Å². The van der Waals surface area contributed by atoms with Crippen LogP contribution in [0.3, 0.4) is 0 Å². The van der Waals surface area contributed by atoms with Crippen LogP contribution in [0.1, 0.15) is 117 Å². The summed E-state index contributed by atoms with van der Waals surface area (Å²) in [4.78, 5) is 17.6. The van der Waals surface area contributed by atoms with Gasteiger partial charge in [0.2, 0.25) is 0 Å². The largest absolute Gasteiger partial charge is 0.381 e. The van der Waals surface area contributed by atoms with Gasteiger partial charge in [0.25, 0.3) is 0 Å². The number of aryl methyl sites for hydroxylation is 2. The molecule has 39 heavy (non-hydrogen) atoms. The summed E-state index contributed by atoms with van der Waals surface area (Å²) in [7, 11) is 0. The third-order valence-electron chi connectivity index (χ3n) is 5.66. The molecule has 0 spiro atoms. The fraction of sp³-hybridized carbons (Fsp3) is 0.697. The van der Waals surface area contributed by atoms with Crippen LogP contribution < -0.4 is 0 Å². The third kappa shape index (κ3) is 19.5. The molecule has 0 bridgehead atoms. The molecule has 2 aromatic rings. The Morgan fingerprint density at radius 3 is 1.95 bits per heavy atom.